The summed E-state index contributed by atoms with van der Waals surface area (Å²) in [5.41, 5.74) is 1.28. The third kappa shape index (κ3) is 3.33. The molecule has 5 nitrogen and oxygen atoms in total. The van der Waals surface area contributed by atoms with Gasteiger partial charge in [-0.2, -0.15) is 0 Å². The summed E-state index contributed by atoms with van der Waals surface area (Å²) in [6.45, 7) is 5.94. The van der Waals surface area contributed by atoms with E-state index >= 15 is 0 Å². The van der Waals surface area contributed by atoms with Crippen molar-refractivity contribution in [2.75, 3.05) is 0 Å². The molecule has 0 N–H and O–H groups in total. The number of aryl methyl sites for hydroxylation is 1. The second-order valence-corrected chi connectivity index (χ2v) is 6.36. The van der Waals surface area contributed by atoms with E-state index in [9.17, 15) is 4.79 Å². The predicted octanol–water partition coefficient (Wildman–Crippen LogP) is 3.82. The molecule has 0 fully saturated rings. The molecule has 1 aromatic carbocycles. The molecular formula is C16H14ClN3O2S. The van der Waals surface area contributed by atoms with Gasteiger partial charge in [0.2, 0.25) is 0 Å². The SMILES string of the molecule is C=CCn1c(SCc2cc(C)on2)nc2cc(Cl)ccc2c1=O. The summed E-state index contributed by atoms with van der Waals surface area (Å²) in [5, 5.41) is 5.64. The number of rotatable bonds is 5. The molecule has 0 unspecified atom stereocenters. The van der Waals surface area contributed by atoms with Crippen molar-refractivity contribution >= 4 is 34.3 Å². The molecule has 3 aromatic rings. The molecule has 2 aromatic heterocycles. The fourth-order valence-corrected chi connectivity index (χ4v) is 3.25. The maximum Gasteiger partial charge on any atom is 0.262 e. The van der Waals surface area contributed by atoms with Crippen LogP contribution in [0.2, 0.25) is 5.02 Å². The van der Waals surface area contributed by atoms with Crippen LogP contribution < -0.4 is 5.56 Å². The number of fused-ring (bicyclic) bond motifs is 1. The first-order valence-corrected chi connectivity index (χ1v) is 8.31. The van der Waals surface area contributed by atoms with Crippen LogP contribution in [-0.4, -0.2) is 14.7 Å². The van der Waals surface area contributed by atoms with E-state index in [4.69, 9.17) is 16.1 Å². The van der Waals surface area contributed by atoms with Crippen LogP contribution in [0.25, 0.3) is 10.9 Å². The minimum Gasteiger partial charge on any atom is -0.361 e. The van der Waals surface area contributed by atoms with E-state index in [0.29, 0.717) is 33.4 Å². The quantitative estimate of drug-likeness (QED) is 0.399. The molecule has 0 atom stereocenters. The van der Waals surface area contributed by atoms with Gasteiger partial charge < -0.3 is 4.52 Å². The smallest absolute Gasteiger partial charge is 0.262 e. The molecule has 0 radical (unpaired) electrons. The van der Waals surface area contributed by atoms with Gasteiger partial charge >= 0.3 is 0 Å². The zero-order chi connectivity index (χ0) is 16.4. The number of hydrogen-bond acceptors (Lipinski definition) is 5. The van der Waals surface area contributed by atoms with Crippen LogP contribution >= 0.6 is 23.4 Å². The van der Waals surface area contributed by atoms with Crippen molar-refractivity contribution in [3.8, 4) is 0 Å². The summed E-state index contributed by atoms with van der Waals surface area (Å²) in [6.07, 6.45) is 1.68. The molecule has 0 saturated heterocycles. The topological polar surface area (TPSA) is 60.9 Å². The predicted molar refractivity (Wildman–Crippen MR) is 92.0 cm³/mol. The Hall–Kier alpha value is -2.05. The summed E-state index contributed by atoms with van der Waals surface area (Å²) in [4.78, 5) is 17.2. The minimum absolute atomic E-state index is 0.106. The van der Waals surface area contributed by atoms with Crippen molar-refractivity contribution in [2.45, 2.75) is 24.4 Å². The fourth-order valence-electron chi connectivity index (χ4n) is 2.20. The summed E-state index contributed by atoms with van der Waals surface area (Å²) >= 11 is 7.43. The first-order valence-electron chi connectivity index (χ1n) is 6.94. The molecule has 3 rings (SSSR count). The number of thioether (sulfide) groups is 1. The van der Waals surface area contributed by atoms with Gasteiger partial charge in [-0.3, -0.25) is 9.36 Å². The largest absolute Gasteiger partial charge is 0.361 e. The van der Waals surface area contributed by atoms with E-state index in [1.807, 2.05) is 13.0 Å². The van der Waals surface area contributed by atoms with Crippen molar-refractivity contribution in [1.29, 1.82) is 0 Å². The Morgan fingerprint density at radius 1 is 1.43 bits per heavy atom. The maximum atomic E-state index is 12.7. The molecular weight excluding hydrogens is 334 g/mol. The van der Waals surface area contributed by atoms with Crippen molar-refractivity contribution in [2.24, 2.45) is 0 Å². The van der Waals surface area contributed by atoms with Gasteiger partial charge in [0.15, 0.2) is 5.16 Å². The zero-order valence-electron chi connectivity index (χ0n) is 12.5. The number of aromatic nitrogens is 3. The molecule has 0 amide bonds. The Balaban J connectivity index is 2.04. The van der Waals surface area contributed by atoms with Crippen molar-refractivity contribution in [1.82, 2.24) is 14.7 Å². The number of benzene rings is 1. The highest BCUT2D eigenvalue weighted by molar-refractivity contribution is 7.98. The molecule has 0 spiro atoms. The van der Waals surface area contributed by atoms with Crippen LogP contribution in [0, 0.1) is 6.92 Å². The van der Waals surface area contributed by atoms with Crippen molar-refractivity contribution in [3.63, 3.8) is 0 Å². The minimum atomic E-state index is -0.106. The average Bonchev–Trinajstić information content (AvgIpc) is 2.94. The summed E-state index contributed by atoms with van der Waals surface area (Å²) in [7, 11) is 0. The lowest BCUT2D eigenvalue weighted by molar-refractivity contribution is 0.393. The standard InChI is InChI=1S/C16H14ClN3O2S/c1-3-6-20-15(21)13-5-4-11(17)8-14(13)18-16(20)23-9-12-7-10(2)22-19-12/h3-5,7-8H,1,6,9H2,2H3. The highest BCUT2D eigenvalue weighted by Gasteiger charge is 2.12. The summed E-state index contributed by atoms with van der Waals surface area (Å²) in [5.74, 6) is 1.31. The molecule has 0 aliphatic heterocycles. The van der Waals surface area contributed by atoms with Crippen LogP contribution in [-0.2, 0) is 12.3 Å². The summed E-state index contributed by atoms with van der Waals surface area (Å²) in [6, 6.07) is 6.94. The van der Waals surface area contributed by atoms with E-state index in [0.717, 1.165) is 11.5 Å². The second-order valence-electron chi connectivity index (χ2n) is 4.98. The van der Waals surface area contributed by atoms with Crippen molar-refractivity contribution in [3.05, 3.63) is 63.8 Å². The molecule has 0 bridgehead atoms. The average molecular weight is 348 g/mol. The third-order valence-electron chi connectivity index (χ3n) is 3.22. The Kier molecular flexibility index (Phi) is 4.54. The number of hydrogen-bond donors (Lipinski definition) is 0. The Morgan fingerprint density at radius 3 is 2.96 bits per heavy atom. The third-order valence-corrected chi connectivity index (χ3v) is 4.47. The fraction of sp³-hybridized carbons (Fsp3) is 0.188. The van der Waals surface area contributed by atoms with Crippen LogP contribution in [0.5, 0.6) is 0 Å². The first kappa shape index (κ1) is 15.8. The lowest BCUT2D eigenvalue weighted by atomic mass is 10.2. The van der Waals surface area contributed by atoms with Gasteiger partial charge in [0.1, 0.15) is 5.76 Å². The van der Waals surface area contributed by atoms with Gasteiger partial charge in [-0.05, 0) is 25.1 Å². The van der Waals surface area contributed by atoms with Gasteiger partial charge in [0.05, 0.1) is 16.6 Å². The van der Waals surface area contributed by atoms with Crippen LogP contribution in [0.3, 0.4) is 0 Å². The number of halogens is 1. The Morgan fingerprint density at radius 2 is 2.26 bits per heavy atom. The van der Waals surface area contributed by atoms with E-state index in [2.05, 4.69) is 16.7 Å². The first-order chi connectivity index (χ1) is 11.1. The Bertz CT molecular complexity index is 933. The highest BCUT2D eigenvalue weighted by atomic mass is 35.5. The molecule has 23 heavy (non-hydrogen) atoms. The van der Waals surface area contributed by atoms with Crippen LogP contribution in [0.4, 0.5) is 0 Å². The summed E-state index contributed by atoms with van der Waals surface area (Å²) < 4.78 is 6.65. The monoisotopic (exact) mass is 347 g/mol. The van der Waals surface area contributed by atoms with Gasteiger partial charge in [-0.1, -0.05) is 34.6 Å². The van der Waals surface area contributed by atoms with Gasteiger partial charge in [0.25, 0.3) is 5.56 Å². The lowest BCUT2D eigenvalue weighted by Gasteiger charge is -2.11. The highest BCUT2D eigenvalue weighted by Crippen LogP contribution is 2.23. The number of allylic oxidation sites excluding steroid dienone is 1. The molecule has 0 saturated carbocycles. The Labute approximate surface area is 142 Å². The van der Waals surface area contributed by atoms with Gasteiger partial charge in [-0.15, -0.1) is 6.58 Å². The molecule has 7 heteroatoms. The van der Waals surface area contributed by atoms with Gasteiger partial charge in [0, 0.05) is 23.4 Å². The molecule has 2 heterocycles. The van der Waals surface area contributed by atoms with E-state index < -0.39 is 0 Å². The van der Waals surface area contributed by atoms with Crippen LogP contribution in [0.15, 0.2) is 51.4 Å². The number of nitrogens with zero attached hydrogens (tertiary/aromatic N) is 3. The normalized spacial score (nSPS) is 11.0. The maximum absolute atomic E-state index is 12.7. The lowest BCUT2D eigenvalue weighted by Crippen LogP contribution is -2.22. The van der Waals surface area contributed by atoms with E-state index in [1.54, 1.807) is 28.8 Å². The molecule has 0 aliphatic carbocycles. The van der Waals surface area contributed by atoms with Gasteiger partial charge in [-0.25, -0.2) is 4.98 Å². The molecule has 0 aliphatic rings. The molecule has 118 valence electrons. The second kappa shape index (κ2) is 6.60. The van der Waals surface area contributed by atoms with E-state index in [-0.39, 0.29) is 5.56 Å². The zero-order valence-corrected chi connectivity index (χ0v) is 14.0. The van der Waals surface area contributed by atoms with Crippen molar-refractivity contribution < 1.29 is 4.52 Å². The van der Waals surface area contributed by atoms with E-state index in [1.165, 1.54) is 11.8 Å². The van der Waals surface area contributed by atoms with Crippen LogP contribution in [0.1, 0.15) is 11.5 Å².